The second-order valence-electron chi connectivity index (χ2n) is 6.66. The molecule has 0 aliphatic carbocycles. The molecule has 1 aromatic heterocycles. The molecule has 1 fully saturated rings. The highest BCUT2D eigenvalue weighted by molar-refractivity contribution is 9.11. The molecule has 3 atom stereocenters. The van der Waals surface area contributed by atoms with E-state index in [2.05, 4.69) is 66.0 Å². The molecule has 3 unspecified atom stereocenters. The minimum atomic E-state index is 0.653. The van der Waals surface area contributed by atoms with Gasteiger partial charge in [0, 0.05) is 36.6 Å². The van der Waals surface area contributed by atoms with E-state index < -0.39 is 0 Å². The molecular weight excluding hydrogens is 344 g/mol. The summed E-state index contributed by atoms with van der Waals surface area (Å²) >= 11 is 5.44. The molecule has 1 aliphatic rings. The standard InChI is InChI=1S/C17H29BrN2S/c1-5-13(4)15-11-20(16(10-19-15)12(2)3)9-8-14-6-7-17(18)21-14/h6-7,12-13,15-16,19H,5,8-11H2,1-4H3. The highest BCUT2D eigenvalue weighted by Gasteiger charge is 2.31. The SMILES string of the molecule is CCC(C)C1CN(CCc2ccc(Br)s2)C(C(C)C)CN1. The van der Waals surface area contributed by atoms with Crippen LogP contribution in [0.3, 0.4) is 0 Å². The second-order valence-corrected chi connectivity index (χ2v) is 9.21. The predicted octanol–water partition coefficient (Wildman–Crippen LogP) is 4.40. The molecule has 0 saturated carbocycles. The zero-order valence-electron chi connectivity index (χ0n) is 13.7. The van der Waals surface area contributed by atoms with Crippen molar-refractivity contribution in [3.05, 3.63) is 20.8 Å². The lowest BCUT2D eigenvalue weighted by Crippen LogP contribution is -2.60. The summed E-state index contributed by atoms with van der Waals surface area (Å²) in [5, 5.41) is 3.79. The van der Waals surface area contributed by atoms with E-state index >= 15 is 0 Å². The minimum absolute atomic E-state index is 0.653. The van der Waals surface area contributed by atoms with E-state index in [1.165, 1.54) is 34.6 Å². The third-order valence-electron chi connectivity index (χ3n) is 4.86. The molecule has 1 N–H and O–H groups in total. The highest BCUT2D eigenvalue weighted by atomic mass is 79.9. The summed E-state index contributed by atoms with van der Waals surface area (Å²) in [5.74, 6) is 1.47. The number of rotatable bonds is 6. The Morgan fingerprint density at radius 3 is 2.71 bits per heavy atom. The van der Waals surface area contributed by atoms with Crippen LogP contribution in [0.15, 0.2) is 15.9 Å². The molecule has 1 aliphatic heterocycles. The first-order valence-electron chi connectivity index (χ1n) is 8.22. The highest BCUT2D eigenvalue weighted by Crippen LogP contribution is 2.24. The number of hydrogen-bond acceptors (Lipinski definition) is 3. The van der Waals surface area contributed by atoms with Crippen LogP contribution >= 0.6 is 27.3 Å². The quantitative estimate of drug-likeness (QED) is 0.795. The van der Waals surface area contributed by atoms with Gasteiger partial charge in [0.05, 0.1) is 3.79 Å². The summed E-state index contributed by atoms with van der Waals surface area (Å²) in [5.41, 5.74) is 0. The monoisotopic (exact) mass is 372 g/mol. The lowest BCUT2D eigenvalue weighted by atomic mass is 9.92. The van der Waals surface area contributed by atoms with Crippen molar-refractivity contribution in [1.82, 2.24) is 10.2 Å². The first-order chi connectivity index (χ1) is 10.0. The molecule has 0 amide bonds. The van der Waals surface area contributed by atoms with Crippen LogP contribution in [-0.2, 0) is 6.42 Å². The fourth-order valence-electron chi connectivity index (χ4n) is 3.17. The van der Waals surface area contributed by atoms with Gasteiger partial charge in [-0.1, -0.05) is 34.1 Å². The Kier molecular flexibility index (Phi) is 6.73. The maximum atomic E-state index is 3.79. The fraction of sp³-hybridized carbons (Fsp3) is 0.765. The van der Waals surface area contributed by atoms with Crippen molar-refractivity contribution in [2.75, 3.05) is 19.6 Å². The number of piperazine rings is 1. The van der Waals surface area contributed by atoms with E-state index in [-0.39, 0.29) is 0 Å². The second kappa shape index (κ2) is 8.09. The van der Waals surface area contributed by atoms with Crippen molar-refractivity contribution in [2.45, 2.75) is 52.6 Å². The summed E-state index contributed by atoms with van der Waals surface area (Å²) in [6.45, 7) is 12.9. The van der Waals surface area contributed by atoms with Crippen molar-refractivity contribution in [2.24, 2.45) is 11.8 Å². The molecule has 2 rings (SSSR count). The van der Waals surface area contributed by atoms with Crippen LogP contribution < -0.4 is 5.32 Å². The smallest absolute Gasteiger partial charge is 0.0701 e. The summed E-state index contributed by atoms with van der Waals surface area (Å²) in [4.78, 5) is 4.22. The number of halogens is 1. The van der Waals surface area contributed by atoms with Crippen LogP contribution in [0.25, 0.3) is 0 Å². The van der Waals surface area contributed by atoms with E-state index in [0.717, 1.165) is 12.5 Å². The van der Waals surface area contributed by atoms with E-state index in [4.69, 9.17) is 0 Å². The average molecular weight is 373 g/mol. The Balaban J connectivity index is 1.96. The van der Waals surface area contributed by atoms with Gasteiger partial charge in [0.25, 0.3) is 0 Å². The van der Waals surface area contributed by atoms with Gasteiger partial charge in [0.2, 0.25) is 0 Å². The first-order valence-corrected chi connectivity index (χ1v) is 9.83. The van der Waals surface area contributed by atoms with Crippen LogP contribution in [0.4, 0.5) is 0 Å². The molecule has 1 aromatic rings. The maximum absolute atomic E-state index is 3.79. The lowest BCUT2D eigenvalue weighted by Gasteiger charge is -2.44. The summed E-state index contributed by atoms with van der Waals surface area (Å²) < 4.78 is 1.25. The molecule has 2 heterocycles. The van der Waals surface area contributed by atoms with Gasteiger partial charge in [0.15, 0.2) is 0 Å². The number of thiophene rings is 1. The number of nitrogens with zero attached hydrogens (tertiary/aromatic N) is 1. The van der Waals surface area contributed by atoms with E-state index in [9.17, 15) is 0 Å². The zero-order valence-corrected chi connectivity index (χ0v) is 16.1. The van der Waals surface area contributed by atoms with Crippen molar-refractivity contribution < 1.29 is 0 Å². The topological polar surface area (TPSA) is 15.3 Å². The summed E-state index contributed by atoms with van der Waals surface area (Å²) in [7, 11) is 0. The zero-order chi connectivity index (χ0) is 15.4. The van der Waals surface area contributed by atoms with Gasteiger partial charge in [-0.15, -0.1) is 11.3 Å². The van der Waals surface area contributed by atoms with Gasteiger partial charge >= 0.3 is 0 Å². The van der Waals surface area contributed by atoms with Gasteiger partial charge in [-0.25, -0.2) is 0 Å². The van der Waals surface area contributed by atoms with Crippen molar-refractivity contribution >= 4 is 27.3 Å². The molecule has 0 bridgehead atoms. The summed E-state index contributed by atoms with van der Waals surface area (Å²) in [6.07, 6.45) is 2.43. The lowest BCUT2D eigenvalue weighted by molar-refractivity contribution is 0.0833. The Hall–Kier alpha value is 0.1000. The van der Waals surface area contributed by atoms with Crippen molar-refractivity contribution in [3.63, 3.8) is 0 Å². The third kappa shape index (κ3) is 4.78. The first kappa shape index (κ1) is 17.5. The van der Waals surface area contributed by atoms with Crippen LogP contribution in [0.2, 0.25) is 0 Å². The van der Waals surface area contributed by atoms with Gasteiger partial charge < -0.3 is 5.32 Å². The van der Waals surface area contributed by atoms with Gasteiger partial charge in [0.1, 0.15) is 0 Å². The Bertz CT molecular complexity index is 432. The molecule has 21 heavy (non-hydrogen) atoms. The largest absolute Gasteiger partial charge is 0.311 e. The molecule has 2 nitrogen and oxygen atoms in total. The Labute approximate surface area is 142 Å². The molecule has 0 radical (unpaired) electrons. The van der Waals surface area contributed by atoms with Gasteiger partial charge in [-0.2, -0.15) is 0 Å². The van der Waals surface area contributed by atoms with E-state index in [1.54, 1.807) is 0 Å². The molecule has 0 spiro atoms. The van der Waals surface area contributed by atoms with Crippen molar-refractivity contribution in [1.29, 1.82) is 0 Å². The number of nitrogens with one attached hydrogen (secondary N) is 1. The van der Waals surface area contributed by atoms with Crippen LogP contribution in [0.5, 0.6) is 0 Å². The van der Waals surface area contributed by atoms with E-state index in [1.807, 2.05) is 11.3 Å². The van der Waals surface area contributed by atoms with E-state index in [0.29, 0.717) is 18.0 Å². The molecule has 0 aromatic carbocycles. The third-order valence-corrected chi connectivity index (χ3v) is 6.55. The van der Waals surface area contributed by atoms with Gasteiger partial charge in [-0.05, 0) is 46.3 Å². The molecule has 4 heteroatoms. The van der Waals surface area contributed by atoms with Crippen LogP contribution in [-0.4, -0.2) is 36.6 Å². The maximum Gasteiger partial charge on any atom is 0.0701 e. The molecule has 1 saturated heterocycles. The molecular formula is C17H29BrN2S. The number of hydrogen-bond donors (Lipinski definition) is 1. The van der Waals surface area contributed by atoms with Crippen molar-refractivity contribution in [3.8, 4) is 0 Å². The van der Waals surface area contributed by atoms with Crippen LogP contribution in [0, 0.1) is 11.8 Å². The summed E-state index contributed by atoms with van der Waals surface area (Å²) in [6, 6.07) is 5.75. The fourth-order valence-corrected chi connectivity index (χ4v) is 4.65. The molecule has 120 valence electrons. The Morgan fingerprint density at radius 2 is 2.14 bits per heavy atom. The van der Waals surface area contributed by atoms with Crippen LogP contribution in [0.1, 0.15) is 39.0 Å². The average Bonchev–Trinajstić information content (AvgIpc) is 2.89. The van der Waals surface area contributed by atoms with Gasteiger partial charge in [-0.3, -0.25) is 4.90 Å². The Morgan fingerprint density at radius 1 is 1.38 bits per heavy atom. The minimum Gasteiger partial charge on any atom is -0.311 e. The normalized spacial score (nSPS) is 25.4. The predicted molar refractivity (Wildman–Crippen MR) is 97.2 cm³/mol.